The molecule has 54 valence electrons. The van der Waals surface area contributed by atoms with Gasteiger partial charge in [0.15, 0.2) is 0 Å². The summed E-state index contributed by atoms with van der Waals surface area (Å²) in [6.45, 7) is 3.92. The van der Waals surface area contributed by atoms with Crippen molar-refractivity contribution in [1.82, 2.24) is 0 Å². The van der Waals surface area contributed by atoms with Gasteiger partial charge in [-0.3, -0.25) is 4.79 Å². The molecule has 0 amide bonds. The van der Waals surface area contributed by atoms with Crippen LogP contribution in [0.15, 0.2) is 12.2 Å². The first-order chi connectivity index (χ1) is 4.77. The van der Waals surface area contributed by atoms with E-state index in [-0.39, 0.29) is 0 Å². The Morgan fingerprint density at radius 1 is 1.40 bits per heavy atom. The van der Waals surface area contributed by atoms with E-state index >= 15 is 0 Å². The van der Waals surface area contributed by atoms with Gasteiger partial charge < -0.3 is 0 Å². The molecule has 2 aliphatic carbocycles. The van der Waals surface area contributed by atoms with Gasteiger partial charge in [0, 0.05) is 12.3 Å². The monoisotopic (exact) mass is 136 g/mol. The van der Waals surface area contributed by atoms with E-state index in [2.05, 4.69) is 6.58 Å². The van der Waals surface area contributed by atoms with Gasteiger partial charge in [0.25, 0.3) is 0 Å². The van der Waals surface area contributed by atoms with E-state index in [0.717, 1.165) is 25.7 Å². The quantitative estimate of drug-likeness (QED) is 0.465. The summed E-state index contributed by atoms with van der Waals surface area (Å²) in [6.07, 6.45) is 4.07. The Bertz CT molecular complexity index is 193. The Labute approximate surface area is 61.1 Å². The van der Waals surface area contributed by atoms with Crippen molar-refractivity contribution in [3.8, 4) is 0 Å². The van der Waals surface area contributed by atoms with Gasteiger partial charge in [-0.1, -0.05) is 12.2 Å². The third-order valence-electron chi connectivity index (χ3n) is 2.80. The highest BCUT2D eigenvalue weighted by Gasteiger charge is 2.39. The number of hydrogen-bond donors (Lipinski definition) is 0. The number of rotatable bonds is 0. The van der Waals surface area contributed by atoms with Crippen LogP contribution in [-0.4, -0.2) is 5.78 Å². The molecule has 10 heavy (non-hydrogen) atoms. The molecule has 2 aliphatic rings. The predicted molar refractivity (Wildman–Crippen MR) is 39.6 cm³/mol. The van der Waals surface area contributed by atoms with Crippen LogP contribution in [0.2, 0.25) is 0 Å². The molecule has 2 rings (SSSR count). The normalized spacial score (nSPS) is 38.8. The molecule has 0 heterocycles. The smallest absolute Gasteiger partial charge is 0.136 e. The first-order valence-corrected chi connectivity index (χ1v) is 3.97. The van der Waals surface area contributed by atoms with Gasteiger partial charge in [-0.2, -0.15) is 0 Å². The molecule has 0 N–H and O–H groups in total. The molecule has 2 fully saturated rings. The van der Waals surface area contributed by atoms with Crippen LogP contribution in [0.25, 0.3) is 0 Å². The van der Waals surface area contributed by atoms with Gasteiger partial charge in [0.2, 0.25) is 0 Å². The second kappa shape index (κ2) is 1.94. The molecular formula is C9H12O. The number of carbonyl (C=O) groups excluding carboxylic acids is 1. The summed E-state index contributed by atoms with van der Waals surface area (Å²) in [7, 11) is 0. The number of Topliss-reactive ketones (excluding diaryl/α,β-unsaturated/α-hetero) is 1. The fourth-order valence-corrected chi connectivity index (χ4v) is 2.27. The molecule has 1 heteroatoms. The zero-order valence-corrected chi connectivity index (χ0v) is 6.10. The molecule has 0 saturated heterocycles. The van der Waals surface area contributed by atoms with Gasteiger partial charge in [-0.05, 0) is 25.2 Å². The first-order valence-electron chi connectivity index (χ1n) is 3.97. The topological polar surface area (TPSA) is 17.1 Å². The van der Waals surface area contributed by atoms with Crippen LogP contribution in [0.1, 0.15) is 25.7 Å². The summed E-state index contributed by atoms with van der Waals surface area (Å²) in [4.78, 5) is 11.2. The molecule has 0 aliphatic heterocycles. The third-order valence-corrected chi connectivity index (χ3v) is 2.80. The average Bonchev–Trinajstić information content (AvgIpc) is 2.35. The van der Waals surface area contributed by atoms with Crippen LogP contribution >= 0.6 is 0 Å². The number of hydrogen-bond acceptors (Lipinski definition) is 1. The molecular weight excluding hydrogens is 124 g/mol. The number of fused-ring (bicyclic) bond motifs is 1. The Kier molecular flexibility index (Phi) is 1.19. The first kappa shape index (κ1) is 6.14. The van der Waals surface area contributed by atoms with E-state index in [1.165, 1.54) is 5.57 Å². The SMILES string of the molecule is C=C1C[C@H]2CCC(=O)[C@H]2C1. The van der Waals surface area contributed by atoms with Crippen molar-refractivity contribution < 1.29 is 4.79 Å². The number of ketones is 1. The maximum Gasteiger partial charge on any atom is 0.136 e. The highest BCUT2D eigenvalue weighted by Crippen LogP contribution is 2.43. The van der Waals surface area contributed by atoms with Crippen molar-refractivity contribution in [1.29, 1.82) is 0 Å². The lowest BCUT2D eigenvalue weighted by molar-refractivity contribution is -0.120. The zero-order chi connectivity index (χ0) is 7.14. The zero-order valence-electron chi connectivity index (χ0n) is 6.10. The van der Waals surface area contributed by atoms with Crippen LogP contribution in [-0.2, 0) is 4.79 Å². The van der Waals surface area contributed by atoms with Crippen molar-refractivity contribution in [2.24, 2.45) is 11.8 Å². The molecule has 0 radical (unpaired) electrons. The molecule has 0 spiro atoms. The summed E-state index contributed by atoms with van der Waals surface area (Å²) in [6, 6.07) is 0. The fourth-order valence-electron chi connectivity index (χ4n) is 2.27. The maximum absolute atomic E-state index is 11.2. The standard InChI is InChI=1S/C9H12O/c1-6-4-7-2-3-9(10)8(7)5-6/h7-8H,1-5H2/t7-,8+/m1/s1. The lowest BCUT2D eigenvalue weighted by Crippen LogP contribution is -2.06. The minimum atomic E-state index is 0.382. The minimum Gasteiger partial charge on any atom is -0.299 e. The number of carbonyl (C=O) groups is 1. The fraction of sp³-hybridized carbons (Fsp3) is 0.667. The Morgan fingerprint density at radius 2 is 2.20 bits per heavy atom. The van der Waals surface area contributed by atoms with Crippen molar-refractivity contribution in [2.45, 2.75) is 25.7 Å². The summed E-state index contributed by atoms with van der Waals surface area (Å²) in [5.74, 6) is 1.55. The van der Waals surface area contributed by atoms with Gasteiger partial charge in [0.1, 0.15) is 5.78 Å². The molecule has 1 nitrogen and oxygen atoms in total. The van der Waals surface area contributed by atoms with Crippen molar-refractivity contribution in [3.63, 3.8) is 0 Å². The van der Waals surface area contributed by atoms with Gasteiger partial charge >= 0.3 is 0 Å². The lowest BCUT2D eigenvalue weighted by Gasteiger charge is -2.02. The Balaban J connectivity index is 2.19. The van der Waals surface area contributed by atoms with E-state index in [1.54, 1.807) is 0 Å². The maximum atomic E-state index is 11.2. The van der Waals surface area contributed by atoms with Gasteiger partial charge in [0.05, 0.1) is 0 Å². The lowest BCUT2D eigenvalue weighted by atomic mass is 10.0. The summed E-state index contributed by atoms with van der Waals surface area (Å²) < 4.78 is 0. The van der Waals surface area contributed by atoms with Crippen LogP contribution in [0.5, 0.6) is 0 Å². The van der Waals surface area contributed by atoms with Crippen LogP contribution in [0, 0.1) is 11.8 Å². The van der Waals surface area contributed by atoms with Crippen molar-refractivity contribution in [3.05, 3.63) is 12.2 Å². The van der Waals surface area contributed by atoms with E-state index in [1.807, 2.05) is 0 Å². The molecule has 0 bridgehead atoms. The predicted octanol–water partition coefficient (Wildman–Crippen LogP) is 1.93. The van der Waals surface area contributed by atoms with E-state index in [9.17, 15) is 4.79 Å². The van der Waals surface area contributed by atoms with Gasteiger partial charge in [-0.15, -0.1) is 0 Å². The molecule has 0 aromatic rings. The largest absolute Gasteiger partial charge is 0.299 e. The molecule has 2 saturated carbocycles. The molecule has 0 aromatic heterocycles. The highest BCUT2D eigenvalue weighted by molar-refractivity contribution is 5.84. The third kappa shape index (κ3) is 0.731. The molecule has 0 aromatic carbocycles. The molecule has 2 atom stereocenters. The molecule has 0 unspecified atom stereocenters. The van der Waals surface area contributed by atoms with E-state index in [0.29, 0.717) is 17.6 Å². The van der Waals surface area contributed by atoms with E-state index < -0.39 is 0 Å². The van der Waals surface area contributed by atoms with Crippen LogP contribution in [0.3, 0.4) is 0 Å². The summed E-state index contributed by atoms with van der Waals surface area (Å²) in [5.41, 5.74) is 1.29. The number of allylic oxidation sites excluding steroid dienone is 1. The van der Waals surface area contributed by atoms with Crippen LogP contribution in [0.4, 0.5) is 0 Å². The van der Waals surface area contributed by atoms with Gasteiger partial charge in [-0.25, -0.2) is 0 Å². The van der Waals surface area contributed by atoms with Crippen molar-refractivity contribution >= 4 is 5.78 Å². The van der Waals surface area contributed by atoms with Crippen molar-refractivity contribution in [2.75, 3.05) is 0 Å². The highest BCUT2D eigenvalue weighted by atomic mass is 16.1. The second-order valence-electron chi connectivity index (χ2n) is 3.53. The summed E-state index contributed by atoms with van der Waals surface area (Å²) in [5, 5.41) is 0. The Morgan fingerprint density at radius 3 is 2.90 bits per heavy atom. The van der Waals surface area contributed by atoms with E-state index in [4.69, 9.17) is 0 Å². The minimum absolute atomic E-state index is 0.382. The second-order valence-corrected chi connectivity index (χ2v) is 3.53. The summed E-state index contributed by atoms with van der Waals surface area (Å²) >= 11 is 0. The Hall–Kier alpha value is -0.590. The average molecular weight is 136 g/mol. The van der Waals surface area contributed by atoms with Crippen LogP contribution < -0.4 is 0 Å².